The van der Waals surface area contributed by atoms with Gasteiger partial charge in [0.25, 0.3) is 0 Å². The summed E-state index contributed by atoms with van der Waals surface area (Å²) in [6.45, 7) is 5.24. The van der Waals surface area contributed by atoms with E-state index in [0.717, 1.165) is 9.75 Å². The van der Waals surface area contributed by atoms with E-state index in [-0.39, 0.29) is 5.91 Å². The van der Waals surface area contributed by atoms with E-state index in [1.807, 2.05) is 26.0 Å². The highest BCUT2D eigenvalue weighted by atomic mass is 32.1. The largest absolute Gasteiger partial charge is 0.391 e. The lowest BCUT2D eigenvalue weighted by Gasteiger charge is -2.30. The topological polar surface area (TPSA) is 32.3 Å². The number of hydrogen-bond donors (Lipinski definition) is 1. The number of nitrogens with zero attached hydrogens (tertiary/aromatic N) is 1. The SMILES string of the molecule is CCC1NC(c2ccc(C)s2)N(C(C)CC(F)(F)F)C1=O. The highest BCUT2D eigenvalue weighted by Gasteiger charge is 2.44. The Morgan fingerprint density at radius 2 is 2.10 bits per heavy atom. The van der Waals surface area contributed by atoms with E-state index < -0.39 is 30.8 Å². The number of hydrogen-bond acceptors (Lipinski definition) is 3. The third kappa shape index (κ3) is 3.58. The van der Waals surface area contributed by atoms with Crippen LogP contribution in [0.15, 0.2) is 12.1 Å². The molecule has 0 radical (unpaired) electrons. The molecule has 118 valence electrons. The molecule has 1 aliphatic heterocycles. The molecule has 1 aromatic rings. The predicted octanol–water partition coefficient (Wildman–Crippen LogP) is 3.61. The van der Waals surface area contributed by atoms with Crippen molar-refractivity contribution in [3.8, 4) is 0 Å². The van der Waals surface area contributed by atoms with Gasteiger partial charge in [-0.1, -0.05) is 6.92 Å². The smallest absolute Gasteiger partial charge is 0.318 e. The highest BCUT2D eigenvalue weighted by molar-refractivity contribution is 7.12. The number of aryl methyl sites for hydroxylation is 1. The van der Waals surface area contributed by atoms with Gasteiger partial charge in [-0.25, -0.2) is 0 Å². The van der Waals surface area contributed by atoms with Gasteiger partial charge < -0.3 is 4.90 Å². The molecular weight excluding hydrogens is 301 g/mol. The van der Waals surface area contributed by atoms with Crippen LogP contribution >= 0.6 is 11.3 Å². The molecule has 3 atom stereocenters. The lowest BCUT2D eigenvalue weighted by atomic mass is 10.1. The molecule has 0 aliphatic carbocycles. The van der Waals surface area contributed by atoms with Crippen LogP contribution in [-0.4, -0.2) is 29.1 Å². The summed E-state index contributed by atoms with van der Waals surface area (Å²) in [7, 11) is 0. The maximum atomic E-state index is 12.6. The third-order valence-corrected chi connectivity index (χ3v) is 4.68. The zero-order valence-corrected chi connectivity index (χ0v) is 13.0. The van der Waals surface area contributed by atoms with Crippen LogP contribution in [-0.2, 0) is 4.79 Å². The molecular formula is C14H19F3N2OS. The summed E-state index contributed by atoms with van der Waals surface area (Å²) in [5.74, 6) is -0.245. The van der Waals surface area contributed by atoms with Gasteiger partial charge in [0.05, 0.1) is 12.5 Å². The number of carbonyl (C=O) groups is 1. The number of carbonyl (C=O) groups excluding carboxylic acids is 1. The van der Waals surface area contributed by atoms with Gasteiger partial charge in [-0.3, -0.25) is 10.1 Å². The Kier molecular flexibility index (Phi) is 4.63. The quantitative estimate of drug-likeness (QED) is 0.919. The Morgan fingerprint density at radius 3 is 2.57 bits per heavy atom. The molecule has 1 saturated heterocycles. The molecule has 3 nitrogen and oxygen atoms in total. The van der Waals surface area contributed by atoms with Crippen LogP contribution in [0.25, 0.3) is 0 Å². The van der Waals surface area contributed by atoms with Crippen LogP contribution < -0.4 is 5.32 Å². The molecule has 3 unspecified atom stereocenters. The maximum Gasteiger partial charge on any atom is 0.391 e. The molecule has 0 aromatic carbocycles. The van der Waals surface area contributed by atoms with Crippen LogP contribution in [0.3, 0.4) is 0 Å². The number of alkyl halides is 3. The van der Waals surface area contributed by atoms with Crippen molar-refractivity contribution in [1.29, 1.82) is 0 Å². The van der Waals surface area contributed by atoms with Crippen molar-refractivity contribution in [3.05, 3.63) is 21.9 Å². The van der Waals surface area contributed by atoms with E-state index >= 15 is 0 Å². The summed E-state index contributed by atoms with van der Waals surface area (Å²) in [5.41, 5.74) is 0. The Morgan fingerprint density at radius 1 is 1.43 bits per heavy atom. The number of halogens is 3. The molecule has 0 bridgehead atoms. The molecule has 2 rings (SSSR count). The minimum absolute atomic E-state index is 0.245. The van der Waals surface area contributed by atoms with Gasteiger partial charge in [0.15, 0.2) is 0 Å². The van der Waals surface area contributed by atoms with Crippen LogP contribution in [0, 0.1) is 6.92 Å². The minimum Gasteiger partial charge on any atom is -0.318 e. The lowest BCUT2D eigenvalue weighted by molar-refractivity contribution is -0.153. The Hall–Kier alpha value is -1.08. The highest BCUT2D eigenvalue weighted by Crippen LogP contribution is 2.35. The van der Waals surface area contributed by atoms with Crippen molar-refractivity contribution in [2.45, 2.75) is 58.0 Å². The second kappa shape index (κ2) is 5.96. The van der Waals surface area contributed by atoms with Gasteiger partial charge in [0.1, 0.15) is 6.17 Å². The Bertz CT molecular complexity index is 515. The molecule has 1 aliphatic rings. The van der Waals surface area contributed by atoms with Crippen LogP contribution in [0.1, 0.15) is 42.6 Å². The van der Waals surface area contributed by atoms with E-state index in [2.05, 4.69) is 5.32 Å². The van der Waals surface area contributed by atoms with E-state index in [9.17, 15) is 18.0 Å². The average Bonchev–Trinajstić information content (AvgIpc) is 2.90. The maximum absolute atomic E-state index is 12.6. The van der Waals surface area contributed by atoms with Crippen molar-refractivity contribution in [1.82, 2.24) is 10.2 Å². The summed E-state index contributed by atoms with van der Waals surface area (Å²) >= 11 is 1.50. The molecule has 1 amide bonds. The fourth-order valence-electron chi connectivity index (χ4n) is 2.67. The summed E-state index contributed by atoms with van der Waals surface area (Å²) < 4.78 is 37.9. The first-order valence-electron chi connectivity index (χ1n) is 6.94. The molecule has 1 fully saturated rings. The van der Waals surface area contributed by atoms with Crippen LogP contribution in [0.4, 0.5) is 13.2 Å². The molecule has 0 saturated carbocycles. The van der Waals surface area contributed by atoms with Crippen molar-refractivity contribution in [2.24, 2.45) is 0 Å². The van der Waals surface area contributed by atoms with E-state index in [4.69, 9.17) is 0 Å². The van der Waals surface area contributed by atoms with Gasteiger partial charge in [-0.05, 0) is 32.4 Å². The number of nitrogens with one attached hydrogen (secondary N) is 1. The third-order valence-electron chi connectivity index (χ3n) is 3.63. The Labute approximate surface area is 126 Å². The first-order valence-corrected chi connectivity index (χ1v) is 7.76. The van der Waals surface area contributed by atoms with Crippen molar-refractivity contribution in [3.63, 3.8) is 0 Å². The second-order valence-electron chi connectivity index (χ2n) is 5.39. The molecule has 2 heterocycles. The number of thiophene rings is 1. The van der Waals surface area contributed by atoms with Gasteiger partial charge in [0, 0.05) is 15.8 Å². The van der Waals surface area contributed by atoms with Crippen molar-refractivity contribution in [2.75, 3.05) is 0 Å². The Balaban J connectivity index is 2.26. The van der Waals surface area contributed by atoms with Crippen molar-refractivity contribution >= 4 is 17.2 Å². The van der Waals surface area contributed by atoms with Gasteiger partial charge in [-0.2, -0.15) is 13.2 Å². The standard InChI is InChI=1S/C14H19F3N2OS/c1-4-10-13(20)19(8(2)7-14(15,16)17)12(18-10)11-6-5-9(3)21-11/h5-6,8,10,12,18H,4,7H2,1-3H3. The van der Waals surface area contributed by atoms with E-state index in [1.165, 1.54) is 23.2 Å². The normalized spacial score (nSPS) is 24.7. The second-order valence-corrected chi connectivity index (χ2v) is 6.71. The van der Waals surface area contributed by atoms with Gasteiger partial charge in [0.2, 0.25) is 5.91 Å². The monoisotopic (exact) mass is 320 g/mol. The average molecular weight is 320 g/mol. The number of rotatable bonds is 4. The minimum atomic E-state index is -4.28. The van der Waals surface area contributed by atoms with Crippen LogP contribution in [0.5, 0.6) is 0 Å². The summed E-state index contributed by atoms with van der Waals surface area (Å²) in [6, 6.07) is 2.50. The summed E-state index contributed by atoms with van der Waals surface area (Å²) in [5, 5.41) is 3.16. The van der Waals surface area contributed by atoms with Crippen molar-refractivity contribution < 1.29 is 18.0 Å². The van der Waals surface area contributed by atoms with Gasteiger partial charge in [-0.15, -0.1) is 11.3 Å². The first-order chi connectivity index (χ1) is 9.73. The molecule has 1 aromatic heterocycles. The molecule has 1 N–H and O–H groups in total. The van der Waals surface area contributed by atoms with E-state index in [0.29, 0.717) is 6.42 Å². The fraction of sp³-hybridized carbons (Fsp3) is 0.643. The molecule has 7 heteroatoms. The van der Waals surface area contributed by atoms with E-state index in [1.54, 1.807) is 0 Å². The molecule has 21 heavy (non-hydrogen) atoms. The van der Waals surface area contributed by atoms with Crippen LogP contribution in [0.2, 0.25) is 0 Å². The van der Waals surface area contributed by atoms with Gasteiger partial charge >= 0.3 is 6.18 Å². The molecule has 0 spiro atoms. The number of amides is 1. The predicted molar refractivity (Wildman–Crippen MR) is 76.0 cm³/mol. The summed E-state index contributed by atoms with van der Waals surface area (Å²) in [6.07, 6.45) is -5.16. The first kappa shape index (κ1) is 16.3. The summed E-state index contributed by atoms with van der Waals surface area (Å²) in [4.78, 5) is 15.7. The zero-order valence-electron chi connectivity index (χ0n) is 12.2. The zero-order chi connectivity index (χ0) is 15.8. The fourth-order valence-corrected chi connectivity index (χ4v) is 3.60. The lowest BCUT2D eigenvalue weighted by Crippen LogP contribution is -2.40.